The lowest BCUT2D eigenvalue weighted by molar-refractivity contribution is -0.929. The van der Waals surface area contributed by atoms with Crippen LogP contribution in [-0.2, 0) is 9.53 Å². The second-order valence-corrected chi connectivity index (χ2v) is 14.4. The van der Waals surface area contributed by atoms with Crippen molar-refractivity contribution in [3.8, 4) is 0 Å². The van der Waals surface area contributed by atoms with Gasteiger partial charge in [-0.2, -0.15) is 0 Å². The molecule has 1 aromatic heterocycles. The predicted octanol–water partition coefficient (Wildman–Crippen LogP) is 5.80. The number of aliphatic imine (C=N–C) groups is 1. The third-order valence-corrected chi connectivity index (χ3v) is 9.77. The Morgan fingerprint density at radius 2 is 1.64 bits per heavy atom. The number of esters is 1. The first kappa shape index (κ1) is 34.8. The fourth-order valence-electron chi connectivity index (χ4n) is 5.84. The molecule has 1 saturated heterocycles. The van der Waals surface area contributed by atoms with E-state index in [0.717, 1.165) is 65.7 Å². The highest BCUT2D eigenvalue weighted by Gasteiger charge is 2.36. The zero-order chi connectivity index (χ0) is 29.3. The third-order valence-electron chi connectivity index (χ3n) is 8.81. The van der Waals surface area contributed by atoms with Crippen molar-refractivity contribution in [2.45, 2.75) is 98.3 Å². The van der Waals surface area contributed by atoms with E-state index >= 15 is 0 Å². The van der Waals surface area contributed by atoms with E-state index in [1.807, 2.05) is 6.07 Å². The second kappa shape index (κ2) is 16.4. The molecular weight excluding hydrogens is 655 g/mol. The molecular formula is C34H53IN4O2S. The quantitative estimate of drug-likeness (QED) is 0.117. The number of unbranched alkanes of at least 4 members (excludes halogenated alkanes) is 9. The Labute approximate surface area is 275 Å². The first-order valence-corrected chi connectivity index (χ1v) is 16.8. The number of benzene rings is 1. The number of ether oxygens (including phenoxy) is 1. The normalized spacial score (nSPS) is 15.9. The molecule has 234 valence electrons. The monoisotopic (exact) mass is 708 g/mol. The van der Waals surface area contributed by atoms with E-state index in [9.17, 15) is 4.79 Å². The van der Waals surface area contributed by atoms with Gasteiger partial charge in [-0.1, -0.05) is 83.3 Å². The number of anilines is 2. The highest BCUT2D eigenvalue weighted by atomic mass is 127. The van der Waals surface area contributed by atoms with Gasteiger partial charge in [-0.3, -0.25) is 9.28 Å². The average Bonchev–Trinajstić information content (AvgIpc) is 3.24. The lowest BCUT2D eigenvalue weighted by atomic mass is 9.87. The van der Waals surface area contributed by atoms with Crippen molar-refractivity contribution in [3.63, 3.8) is 0 Å². The summed E-state index contributed by atoms with van der Waals surface area (Å²) >= 11 is 1.78. The summed E-state index contributed by atoms with van der Waals surface area (Å²) in [5.41, 5.74) is 2.78. The first-order valence-electron chi connectivity index (χ1n) is 16.0. The number of likely N-dealkylation sites (N-methyl/N-ethyl adjacent to an activating group) is 1. The number of para-hydroxylation sites is 2. The predicted molar refractivity (Wildman–Crippen MR) is 174 cm³/mol. The molecule has 42 heavy (non-hydrogen) atoms. The number of amidine groups is 1. The van der Waals surface area contributed by atoms with Gasteiger partial charge < -0.3 is 38.9 Å². The highest BCUT2D eigenvalue weighted by Crippen LogP contribution is 2.39. The zero-order valence-corrected chi connectivity index (χ0v) is 29.6. The number of nitrogens with zero attached hydrogens (tertiary/aromatic N) is 3. The third kappa shape index (κ3) is 9.68. The number of carbonyl (C=O) groups is 1. The lowest BCUT2D eigenvalue weighted by Crippen LogP contribution is -3.00. The number of carbonyl (C=O) groups excluding carboxylic acids is 1. The summed E-state index contributed by atoms with van der Waals surface area (Å²) < 4.78 is 6.72. The molecule has 2 aliphatic heterocycles. The smallest absolute Gasteiger partial charge is 0.315 e. The minimum Gasteiger partial charge on any atom is -1.00 e. The van der Waals surface area contributed by atoms with Crippen molar-refractivity contribution in [1.29, 1.82) is 0 Å². The Hall–Kier alpha value is -1.65. The number of nitrogens with one attached hydrogen (secondary N) is 1. The van der Waals surface area contributed by atoms with Crippen molar-refractivity contribution < 1.29 is 38.0 Å². The molecule has 8 heteroatoms. The van der Waals surface area contributed by atoms with Crippen LogP contribution < -0.4 is 29.3 Å². The van der Waals surface area contributed by atoms with Crippen LogP contribution in [0, 0.1) is 12.3 Å². The van der Waals surface area contributed by atoms with Gasteiger partial charge in [0.15, 0.2) is 0 Å². The van der Waals surface area contributed by atoms with Crippen LogP contribution in [-0.4, -0.2) is 61.1 Å². The molecule has 4 rings (SSSR count). The van der Waals surface area contributed by atoms with Crippen LogP contribution in [0.25, 0.3) is 0 Å². The van der Waals surface area contributed by atoms with Crippen LogP contribution >= 0.6 is 11.3 Å². The first-order chi connectivity index (χ1) is 19.7. The van der Waals surface area contributed by atoms with Gasteiger partial charge in [0.1, 0.15) is 10.8 Å². The SMILES string of the molecule is CCCCCCCCCCCCC(C)(C)C(=O)OC[N+]1(C)CCN(C2=Nc3ccccc3Nc3sc(C)cc32)CC1.[I-]. The van der Waals surface area contributed by atoms with Crippen molar-refractivity contribution in [2.75, 3.05) is 45.3 Å². The van der Waals surface area contributed by atoms with Gasteiger partial charge in [-0.15, -0.1) is 11.3 Å². The maximum atomic E-state index is 13.1. The van der Waals surface area contributed by atoms with Gasteiger partial charge in [0, 0.05) is 4.88 Å². The van der Waals surface area contributed by atoms with E-state index in [4.69, 9.17) is 9.73 Å². The van der Waals surface area contributed by atoms with Crippen LogP contribution in [0.3, 0.4) is 0 Å². The van der Waals surface area contributed by atoms with E-state index in [-0.39, 0.29) is 29.9 Å². The molecule has 2 aromatic rings. The molecule has 0 unspecified atom stereocenters. The molecule has 0 amide bonds. The van der Waals surface area contributed by atoms with Crippen LogP contribution in [0.4, 0.5) is 16.4 Å². The fourth-order valence-corrected chi connectivity index (χ4v) is 6.76. The fraction of sp³-hybridized carbons (Fsp3) is 0.647. The molecule has 2 aliphatic rings. The van der Waals surface area contributed by atoms with Crippen LogP contribution in [0.1, 0.15) is 102 Å². The number of halogens is 1. The zero-order valence-electron chi connectivity index (χ0n) is 26.6. The van der Waals surface area contributed by atoms with Crippen molar-refractivity contribution >= 4 is 39.5 Å². The van der Waals surface area contributed by atoms with Gasteiger partial charge in [0.25, 0.3) is 0 Å². The van der Waals surface area contributed by atoms with Crippen molar-refractivity contribution in [2.24, 2.45) is 10.4 Å². The minimum absolute atomic E-state index is 0. The Balaban J connectivity index is 0.00000484. The van der Waals surface area contributed by atoms with E-state index in [1.165, 1.54) is 68.2 Å². The van der Waals surface area contributed by atoms with E-state index < -0.39 is 5.41 Å². The lowest BCUT2D eigenvalue weighted by Gasteiger charge is -2.42. The summed E-state index contributed by atoms with van der Waals surface area (Å²) in [5.74, 6) is 0.993. The Bertz CT molecular complexity index is 1170. The Morgan fingerprint density at radius 3 is 2.31 bits per heavy atom. The number of fused-ring (bicyclic) bond motifs is 2. The maximum Gasteiger partial charge on any atom is 0.315 e. The molecule has 0 radical (unpaired) electrons. The van der Waals surface area contributed by atoms with Gasteiger partial charge in [0.05, 0.1) is 55.6 Å². The molecule has 3 heterocycles. The van der Waals surface area contributed by atoms with Gasteiger partial charge in [-0.05, 0) is 45.4 Å². The molecule has 6 nitrogen and oxygen atoms in total. The number of thiophene rings is 1. The topological polar surface area (TPSA) is 53.9 Å². The molecule has 0 spiro atoms. The average molecular weight is 709 g/mol. The van der Waals surface area contributed by atoms with E-state index in [2.05, 4.69) is 69.2 Å². The summed E-state index contributed by atoms with van der Waals surface area (Å²) in [6, 6.07) is 10.5. The summed E-state index contributed by atoms with van der Waals surface area (Å²) in [7, 11) is 2.21. The number of piperazine rings is 1. The van der Waals surface area contributed by atoms with Gasteiger partial charge in [-0.25, -0.2) is 4.99 Å². The molecule has 1 N–H and O–H groups in total. The molecule has 0 saturated carbocycles. The summed E-state index contributed by atoms with van der Waals surface area (Å²) in [6.45, 7) is 12.6. The molecule has 1 fully saturated rings. The highest BCUT2D eigenvalue weighted by molar-refractivity contribution is 7.16. The molecule has 0 atom stereocenters. The van der Waals surface area contributed by atoms with E-state index in [0.29, 0.717) is 6.73 Å². The van der Waals surface area contributed by atoms with Crippen LogP contribution in [0.5, 0.6) is 0 Å². The minimum atomic E-state index is -0.427. The van der Waals surface area contributed by atoms with Crippen molar-refractivity contribution in [1.82, 2.24) is 4.90 Å². The standard InChI is InChI=1S/C34H53N4O2S.HI/c1-6-7-8-9-10-11-12-13-14-17-20-34(3,4)33(39)40-26-38(5)23-21-37(22-24-38)31-28-25-27(2)41-32(28)36-30-19-16-15-18-29(30)35-31;/h15-16,18-19,25,36H,6-14,17,20-24,26H2,1-5H3;1H/q+1;/p-1. The number of rotatable bonds is 14. The van der Waals surface area contributed by atoms with E-state index in [1.54, 1.807) is 11.3 Å². The van der Waals surface area contributed by atoms with Crippen LogP contribution in [0.2, 0.25) is 0 Å². The largest absolute Gasteiger partial charge is 1.00 e. The second-order valence-electron chi connectivity index (χ2n) is 13.1. The Morgan fingerprint density at radius 1 is 1.02 bits per heavy atom. The maximum absolute atomic E-state index is 13.1. The summed E-state index contributed by atoms with van der Waals surface area (Å²) in [6.07, 6.45) is 14.0. The van der Waals surface area contributed by atoms with Gasteiger partial charge in [0.2, 0.25) is 6.73 Å². The van der Waals surface area contributed by atoms with Gasteiger partial charge >= 0.3 is 5.97 Å². The van der Waals surface area contributed by atoms with Crippen molar-refractivity contribution in [3.05, 3.63) is 40.8 Å². The number of hydrogen-bond acceptors (Lipinski definition) is 6. The summed E-state index contributed by atoms with van der Waals surface area (Å²) in [4.78, 5) is 21.9. The number of hydrogen-bond donors (Lipinski definition) is 1. The Kier molecular flexibility index (Phi) is 13.6. The molecule has 0 bridgehead atoms. The summed E-state index contributed by atoms with van der Waals surface area (Å²) in [5, 5.41) is 4.77. The molecule has 1 aromatic carbocycles. The molecule has 0 aliphatic carbocycles. The van der Waals surface area contributed by atoms with Crippen LogP contribution in [0.15, 0.2) is 35.3 Å². The number of aryl methyl sites for hydroxylation is 1. The number of quaternary nitrogens is 1.